The topological polar surface area (TPSA) is 109 Å². The second-order valence-corrected chi connectivity index (χ2v) is 8.25. The van der Waals surface area contributed by atoms with Gasteiger partial charge in [0.2, 0.25) is 0 Å². The number of rotatable bonds is 2. The first-order valence-corrected chi connectivity index (χ1v) is 10.1. The Morgan fingerprint density at radius 1 is 1.32 bits per heavy atom. The van der Waals surface area contributed by atoms with Gasteiger partial charge in [0, 0.05) is 24.0 Å². The molecule has 1 aliphatic rings. The molecule has 1 aliphatic heterocycles. The van der Waals surface area contributed by atoms with Gasteiger partial charge in [-0.3, -0.25) is 4.79 Å². The maximum Gasteiger partial charge on any atom is 0.266 e. The van der Waals surface area contributed by atoms with E-state index in [1.54, 1.807) is 0 Å². The number of nitriles is 1. The van der Waals surface area contributed by atoms with Crippen molar-refractivity contribution in [3.8, 4) is 17.2 Å². The molecule has 1 saturated heterocycles. The average molecular weight is 392 g/mol. The Bertz CT molecular complexity index is 1100. The number of carbonyl (C=O) groups excluding carboxylic acids is 1. The van der Waals surface area contributed by atoms with Crippen molar-refractivity contribution >= 4 is 39.0 Å². The summed E-state index contributed by atoms with van der Waals surface area (Å²) in [5.74, 6) is 0.566. The van der Waals surface area contributed by atoms with Crippen LogP contribution in [0, 0.1) is 17.2 Å². The van der Waals surface area contributed by atoms with Crippen LogP contribution in [-0.4, -0.2) is 28.9 Å². The Hall–Kier alpha value is -3.11. The number of aromatic nitrogens is 1. The summed E-state index contributed by atoms with van der Waals surface area (Å²) in [6.07, 6.45) is 2.13. The normalized spacial score (nSPS) is 16.9. The van der Waals surface area contributed by atoms with Crippen molar-refractivity contribution in [1.82, 2.24) is 9.88 Å². The number of pyridine rings is 1. The van der Waals surface area contributed by atoms with Gasteiger partial charge in [0.1, 0.15) is 27.2 Å². The lowest BCUT2D eigenvalue weighted by atomic mass is 9.97. The number of amides is 1. The maximum absolute atomic E-state index is 13.2. The Morgan fingerprint density at radius 2 is 2.07 bits per heavy atom. The van der Waals surface area contributed by atoms with E-state index >= 15 is 0 Å². The zero-order valence-electron chi connectivity index (χ0n) is 15.6. The molecule has 0 aliphatic carbocycles. The van der Waals surface area contributed by atoms with E-state index in [0.717, 1.165) is 31.5 Å². The largest absolute Gasteiger partial charge is 0.397 e. The maximum atomic E-state index is 13.2. The molecular weight excluding hydrogens is 370 g/mol. The number of nitrogens with zero attached hydrogens (tertiary/aromatic N) is 3. The Balaban J connectivity index is 1.92. The lowest BCUT2D eigenvalue weighted by molar-refractivity contribution is 0.0689. The van der Waals surface area contributed by atoms with Crippen LogP contribution in [0.1, 0.15) is 35.0 Å². The molecule has 4 rings (SSSR count). The van der Waals surface area contributed by atoms with Gasteiger partial charge < -0.3 is 16.4 Å². The summed E-state index contributed by atoms with van der Waals surface area (Å²) in [5, 5.41) is 10.3. The molecule has 1 unspecified atom stereocenters. The number of hydrogen-bond donors (Lipinski definition) is 2. The van der Waals surface area contributed by atoms with Crippen molar-refractivity contribution in [3.63, 3.8) is 0 Å². The van der Waals surface area contributed by atoms with E-state index in [2.05, 4.69) is 18.0 Å². The van der Waals surface area contributed by atoms with Crippen molar-refractivity contribution < 1.29 is 4.79 Å². The molecule has 142 valence electrons. The highest BCUT2D eigenvalue weighted by molar-refractivity contribution is 7.21. The van der Waals surface area contributed by atoms with E-state index in [0.29, 0.717) is 32.3 Å². The number of nitrogens with two attached hydrogens (primary N) is 2. The lowest BCUT2D eigenvalue weighted by Gasteiger charge is -2.30. The molecule has 0 saturated carbocycles. The summed E-state index contributed by atoms with van der Waals surface area (Å²) in [7, 11) is 0. The predicted octanol–water partition coefficient (Wildman–Crippen LogP) is 3.87. The number of nitrogen functional groups attached to an aromatic ring is 2. The van der Waals surface area contributed by atoms with Crippen molar-refractivity contribution in [2.75, 3.05) is 24.6 Å². The summed E-state index contributed by atoms with van der Waals surface area (Å²) in [6.45, 7) is 3.63. The number of thiophene rings is 1. The standard InChI is InChI=1S/C21H21N5OS/c1-12-6-5-9-26(11-12)21(27)18-17(23)16-15(13-7-3-2-4-8-13)14(10-22)19(24)25-20(16)28-18/h2-4,7-8,12H,5-6,9,11,23H2,1H3,(H2,24,25). The van der Waals surface area contributed by atoms with Crippen molar-refractivity contribution in [3.05, 3.63) is 40.8 Å². The van der Waals surface area contributed by atoms with Gasteiger partial charge in [-0.25, -0.2) is 4.98 Å². The fourth-order valence-corrected chi connectivity index (χ4v) is 4.93. The van der Waals surface area contributed by atoms with Crippen LogP contribution in [0.4, 0.5) is 11.5 Å². The molecule has 0 spiro atoms. The number of hydrogen-bond acceptors (Lipinski definition) is 6. The van der Waals surface area contributed by atoms with Crippen LogP contribution in [-0.2, 0) is 0 Å². The molecule has 1 atom stereocenters. The fraction of sp³-hybridized carbons (Fsp3) is 0.286. The number of benzene rings is 1. The summed E-state index contributed by atoms with van der Waals surface area (Å²) in [5.41, 5.74) is 14.7. The van der Waals surface area contributed by atoms with Crippen LogP contribution < -0.4 is 11.5 Å². The zero-order chi connectivity index (χ0) is 19.8. The van der Waals surface area contributed by atoms with E-state index in [9.17, 15) is 10.1 Å². The van der Waals surface area contributed by atoms with Crippen molar-refractivity contribution in [2.24, 2.45) is 5.92 Å². The number of fused-ring (bicyclic) bond motifs is 1. The molecule has 1 fully saturated rings. The molecule has 3 heterocycles. The molecule has 4 N–H and O–H groups in total. The van der Waals surface area contributed by atoms with Gasteiger partial charge in [-0.05, 0) is 24.3 Å². The van der Waals surface area contributed by atoms with Gasteiger partial charge in [0.25, 0.3) is 5.91 Å². The third-order valence-electron chi connectivity index (χ3n) is 5.22. The van der Waals surface area contributed by atoms with Crippen LogP contribution in [0.5, 0.6) is 0 Å². The molecule has 28 heavy (non-hydrogen) atoms. The van der Waals surface area contributed by atoms with E-state index < -0.39 is 0 Å². The van der Waals surface area contributed by atoms with E-state index in [4.69, 9.17) is 11.5 Å². The molecule has 6 nitrogen and oxygen atoms in total. The first-order valence-electron chi connectivity index (χ1n) is 9.27. The van der Waals surface area contributed by atoms with E-state index in [-0.39, 0.29) is 17.3 Å². The Kier molecular flexibility index (Phi) is 4.65. The van der Waals surface area contributed by atoms with Crippen molar-refractivity contribution in [2.45, 2.75) is 19.8 Å². The van der Waals surface area contributed by atoms with Crippen molar-refractivity contribution in [1.29, 1.82) is 5.26 Å². The number of piperidine rings is 1. The molecule has 0 radical (unpaired) electrons. The van der Waals surface area contributed by atoms with E-state index in [1.165, 1.54) is 11.3 Å². The summed E-state index contributed by atoms with van der Waals surface area (Å²) < 4.78 is 0. The summed E-state index contributed by atoms with van der Waals surface area (Å²) >= 11 is 1.25. The van der Waals surface area contributed by atoms with Gasteiger partial charge >= 0.3 is 0 Å². The highest BCUT2D eigenvalue weighted by Crippen LogP contribution is 2.43. The van der Waals surface area contributed by atoms with Gasteiger partial charge in [-0.1, -0.05) is 37.3 Å². The van der Waals surface area contributed by atoms with Crippen LogP contribution in [0.15, 0.2) is 30.3 Å². The second-order valence-electron chi connectivity index (χ2n) is 7.25. The third kappa shape index (κ3) is 2.96. The number of carbonyl (C=O) groups is 1. The average Bonchev–Trinajstić information content (AvgIpc) is 3.03. The quantitative estimate of drug-likeness (QED) is 0.689. The molecule has 7 heteroatoms. The molecule has 3 aromatic rings. The summed E-state index contributed by atoms with van der Waals surface area (Å²) in [6, 6.07) is 11.6. The molecule has 1 amide bonds. The number of likely N-dealkylation sites (tertiary alicyclic amines) is 1. The summed E-state index contributed by atoms with van der Waals surface area (Å²) in [4.78, 5) is 20.5. The second kappa shape index (κ2) is 7.13. The van der Waals surface area contributed by atoms with Gasteiger partial charge in [0.05, 0.1) is 5.69 Å². The zero-order valence-corrected chi connectivity index (χ0v) is 16.4. The third-order valence-corrected chi connectivity index (χ3v) is 6.30. The minimum absolute atomic E-state index is 0.0665. The SMILES string of the molecule is CC1CCCN(C(=O)c2sc3nc(N)c(C#N)c(-c4ccccc4)c3c2N)C1. The monoisotopic (exact) mass is 391 g/mol. The highest BCUT2D eigenvalue weighted by atomic mass is 32.1. The predicted molar refractivity (Wildman–Crippen MR) is 113 cm³/mol. The smallest absolute Gasteiger partial charge is 0.266 e. The fourth-order valence-electron chi connectivity index (χ4n) is 3.85. The van der Waals surface area contributed by atoms with Crippen LogP contribution in [0.3, 0.4) is 0 Å². The minimum atomic E-state index is -0.0665. The van der Waals surface area contributed by atoms with E-state index in [1.807, 2.05) is 35.2 Å². The van der Waals surface area contributed by atoms with Gasteiger partial charge in [-0.15, -0.1) is 11.3 Å². The first-order chi connectivity index (χ1) is 13.5. The molecule has 1 aromatic carbocycles. The highest BCUT2D eigenvalue weighted by Gasteiger charge is 2.28. The van der Waals surface area contributed by atoms with Crippen LogP contribution >= 0.6 is 11.3 Å². The Morgan fingerprint density at radius 3 is 2.75 bits per heavy atom. The molecule has 0 bridgehead atoms. The van der Waals surface area contributed by atoms with Gasteiger partial charge in [0.15, 0.2) is 0 Å². The number of anilines is 2. The Labute approximate surface area is 167 Å². The van der Waals surface area contributed by atoms with Crippen LogP contribution in [0.25, 0.3) is 21.3 Å². The molecule has 2 aromatic heterocycles. The minimum Gasteiger partial charge on any atom is -0.397 e. The lowest BCUT2D eigenvalue weighted by Crippen LogP contribution is -2.39. The van der Waals surface area contributed by atoms with Crippen LogP contribution in [0.2, 0.25) is 0 Å². The first kappa shape index (κ1) is 18.3. The van der Waals surface area contributed by atoms with Gasteiger partial charge in [-0.2, -0.15) is 5.26 Å². The molecular formula is C21H21N5OS.